The van der Waals surface area contributed by atoms with Crippen LogP contribution in [-0.2, 0) is 0 Å². The molecule has 0 aliphatic carbocycles. The second-order valence-electron chi connectivity index (χ2n) is 6.26. The molecule has 0 unspecified atom stereocenters. The first-order valence-electron chi connectivity index (χ1n) is 8.52. The lowest BCUT2D eigenvalue weighted by Gasteiger charge is -2.04. The Hall–Kier alpha value is -3.86. The number of aromatic hydroxyl groups is 1. The maximum atomic E-state index is 12.5. The quantitative estimate of drug-likeness (QED) is 0.507. The van der Waals surface area contributed by atoms with Gasteiger partial charge in [0.05, 0.1) is 11.1 Å². The molecule has 0 aliphatic heterocycles. The van der Waals surface area contributed by atoms with Crippen molar-refractivity contribution in [3.8, 4) is 22.7 Å². The van der Waals surface area contributed by atoms with E-state index in [4.69, 9.17) is 9.52 Å². The van der Waals surface area contributed by atoms with Gasteiger partial charge >= 0.3 is 5.63 Å². The Balaban J connectivity index is 1.95. The Morgan fingerprint density at radius 2 is 1.48 bits per heavy atom. The molecule has 5 nitrogen and oxygen atoms in total. The fourth-order valence-corrected chi connectivity index (χ4v) is 3.32. The Morgan fingerprint density at radius 3 is 2.22 bits per heavy atom. The molecule has 0 bridgehead atoms. The molecule has 0 amide bonds. The van der Waals surface area contributed by atoms with Crippen LogP contribution in [0, 0.1) is 0 Å². The molecule has 5 rings (SSSR count). The van der Waals surface area contributed by atoms with Crippen LogP contribution in [0.25, 0.3) is 38.8 Å². The van der Waals surface area contributed by atoms with Crippen molar-refractivity contribution in [2.45, 2.75) is 0 Å². The molecule has 0 aliphatic rings. The summed E-state index contributed by atoms with van der Waals surface area (Å²) in [7, 11) is 0. The van der Waals surface area contributed by atoms with Gasteiger partial charge in [-0.2, -0.15) is 5.10 Å². The molecule has 2 aromatic heterocycles. The summed E-state index contributed by atoms with van der Waals surface area (Å²) in [6.45, 7) is 0. The van der Waals surface area contributed by atoms with Crippen molar-refractivity contribution in [1.82, 2.24) is 9.78 Å². The minimum absolute atomic E-state index is 0.164. The smallest absolute Gasteiger partial charge is 0.344 e. The van der Waals surface area contributed by atoms with Crippen LogP contribution in [0.15, 0.2) is 88.1 Å². The third kappa shape index (κ3) is 2.40. The number of nitrogens with zero attached hydrogens (tertiary/aromatic N) is 2. The molecule has 2 heterocycles. The van der Waals surface area contributed by atoms with Gasteiger partial charge in [0.15, 0.2) is 5.58 Å². The molecule has 5 aromatic rings. The Labute approximate surface area is 153 Å². The van der Waals surface area contributed by atoms with Crippen molar-refractivity contribution in [3.63, 3.8) is 0 Å². The first-order chi connectivity index (χ1) is 13.2. The number of hydrogen-bond donors (Lipinski definition) is 1. The second kappa shape index (κ2) is 5.85. The van der Waals surface area contributed by atoms with E-state index in [2.05, 4.69) is 0 Å². The topological polar surface area (TPSA) is 68.3 Å². The zero-order valence-corrected chi connectivity index (χ0v) is 14.2. The fourth-order valence-electron chi connectivity index (χ4n) is 3.32. The molecule has 0 spiro atoms. The van der Waals surface area contributed by atoms with Crippen molar-refractivity contribution in [2.75, 3.05) is 0 Å². The molecular weight excluding hydrogens is 340 g/mol. The van der Waals surface area contributed by atoms with Gasteiger partial charge in [0.2, 0.25) is 0 Å². The molecule has 5 heteroatoms. The third-order valence-corrected chi connectivity index (χ3v) is 4.58. The molecule has 0 saturated carbocycles. The zero-order valence-electron chi connectivity index (χ0n) is 14.2. The van der Waals surface area contributed by atoms with Crippen LogP contribution in [0.5, 0.6) is 5.75 Å². The first-order valence-corrected chi connectivity index (χ1v) is 8.52. The van der Waals surface area contributed by atoms with Crippen LogP contribution in [0.4, 0.5) is 0 Å². The number of phenolic OH excluding ortho intramolecular Hbond substituents is 1. The lowest BCUT2D eigenvalue weighted by Crippen LogP contribution is -2.01. The number of hydrogen-bond acceptors (Lipinski definition) is 4. The van der Waals surface area contributed by atoms with Gasteiger partial charge in [-0.05, 0) is 42.5 Å². The van der Waals surface area contributed by atoms with Crippen LogP contribution in [-0.4, -0.2) is 14.9 Å². The maximum Gasteiger partial charge on any atom is 0.344 e. The van der Waals surface area contributed by atoms with Crippen molar-refractivity contribution in [1.29, 1.82) is 0 Å². The van der Waals surface area contributed by atoms with Crippen LogP contribution < -0.4 is 5.63 Å². The summed E-state index contributed by atoms with van der Waals surface area (Å²) in [6, 6.07) is 23.7. The Bertz CT molecular complexity index is 1330. The van der Waals surface area contributed by atoms with Crippen molar-refractivity contribution < 1.29 is 9.52 Å². The third-order valence-electron chi connectivity index (χ3n) is 4.58. The van der Waals surface area contributed by atoms with E-state index < -0.39 is 5.63 Å². The van der Waals surface area contributed by atoms with Gasteiger partial charge in [-0.1, -0.05) is 36.4 Å². The van der Waals surface area contributed by atoms with Crippen molar-refractivity contribution >= 4 is 21.9 Å². The van der Waals surface area contributed by atoms with Gasteiger partial charge < -0.3 is 9.52 Å². The van der Waals surface area contributed by atoms with Gasteiger partial charge in [-0.25, -0.2) is 9.48 Å². The molecule has 27 heavy (non-hydrogen) atoms. The number of rotatable bonds is 2. The van der Waals surface area contributed by atoms with Gasteiger partial charge in [-0.15, -0.1) is 0 Å². The SMILES string of the molecule is O=c1oc2c(-c3ccc(O)cc3)nn(-c3ccccc3)c2c2ccccc12. The van der Waals surface area contributed by atoms with Gasteiger partial charge in [0.25, 0.3) is 0 Å². The van der Waals surface area contributed by atoms with E-state index in [-0.39, 0.29) is 5.75 Å². The highest BCUT2D eigenvalue weighted by molar-refractivity contribution is 6.06. The monoisotopic (exact) mass is 354 g/mol. The van der Waals surface area contributed by atoms with E-state index in [0.29, 0.717) is 16.7 Å². The highest BCUT2D eigenvalue weighted by atomic mass is 16.4. The number of aromatic nitrogens is 2. The molecule has 1 N–H and O–H groups in total. The highest BCUT2D eigenvalue weighted by Gasteiger charge is 2.20. The molecule has 0 atom stereocenters. The normalized spacial score (nSPS) is 11.3. The summed E-state index contributed by atoms with van der Waals surface area (Å²) in [5, 5.41) is 15.6. The zero-order chi connectivity index (χ0) is 18.4. The number of para-hydroxylation sites is 1. The molecular formula is C22H14N2O3. The number of phenols is 1. The average molecular weight is 354 g/mol. The van der Waals surface area contributed by atoms with Crippen LogP contribution in [0.2, 0.25) is 0 Å². The summed E-state index contributed by atoms with van der Waals surface area (Å²) in [6.07, 6.45) is 0. The van der Waals surface area contributed by atoms with E-state index >= 15 is 0 Å². The summed E-state index contributed by atoms with van der Waals surface area (Å²) in [5.74, 6) is 0.164. The standard InChI is InChI=1S/C22H14N2O3/c25-16-12-10-14(11-13-16)19-21-20(24(23-19)15-6-2-1-3-7-15)17-8-4-5-9-18(17)22(26)27-21/h1-13,25H. The lowest BCUT2D eigenvalue weighted by atomic mass is 10.1. The minimum Gasteiger partial charge on any atom is -0.508 e. The van der Waals surface area contributed by atoms with Crippen molar-refractivity contribution in [2.24, 2.45) is 0 Å². The van der Waals surface area contributed by atoms with E-state index in [1.54, 1.807) is 35.0 Å². The average Bonchev–Trinajstić information content (AvgIpc) is 3.09. The van der Waals surface area contributed by atoms with Crippen LogP contribution >= 0.6 is 0 Å². The van der Waals surface area contributed by atoms with Crippen LogP contribution in [0.1, 0.15) is 0 Å². The molecule has 0 radical (unpaired) electrons. The number of fused-ring (bicyclic) bond motifs is 3. The van der Waals surface area contributed by atoms with Crippen molar-refractivity contribution in [3.05, 3.63) is 89.3 Å². The van der Waals surface area contributed by atoms with E-state index in [1.807, 2.05) is 48.5 Å². The summed E-state index contributed by atoms with van der Waals surface area (Å²) in [5.41, 5.74) is 2.94. The largest absolute Gasteiger partial charge is 0.508 e. The summed E-state index contributed by atoms with van der Waals surface area (Å²) >= 11 is 0. The van der Waals surface area contributed by atoms with E-state index in [0.717, 1.165) is 22.2 Å². The van der Waals surface area contributed by atoms with Crippen LogP contribution in [0.3, 0.4) is 0 Å². The summed E-state index contributed by atoms with van der Waals surface area (Å²) in [4.78, 5) is 12.5. The maximum absolute atomic E-state index is 12.5. The van der Waals surface area contributed by atoms with E-state index in [1.165, 1.54) is 0 Å². The Kier molecular flexibility index (Phi) is 3.33. The predicted molar refractivity (Wildman–Crippen MR) is 104 cm³/mol. The lowest BCUT2D eigenvalue weighted by molar-refractivity contribution is 0.475. The Morgan fingerprint density at radius 1 is 0.815 bits per heavy atom. The van der Waals surface area contributed by atoms with Gasteiger partial charge in [0.1, 0.15) is 17.0 Å². The first kappa shape index (κ1) is 15.4. The van der Waals surface area contributed by atoms with Gasteiger partial charge in [-0.3, -0.25) is 0 Å². The summed E-state index contributed by atoms with van der Waals surface area (Å²) < 4.78 is 7.49. The fraction of sp³-hybridized carbons (Fsp3) is 0. The molecule has 3 aromatic carbocycles. The number of benzene rings is 3. The highest BCUT2D eigenvalue weighted by Crippen LogP contribution is 2.33. The molecule has 130 valence electrons. The molecule has 0 saturated heterocycles. The van der Waals surface area contributed by atoms with E-state index in [9.17, 15) is 9.90 Å². The van der Waals surface area contributed by atoms with Gasteiger partial charge in [0, 0.05) is 10.9 Å². The molecule has 0 fully saturated rings. The predicted octanol–water partition coefficient (Wildman–Crippen LogP) is 4.50. The second-order valence-corrected chi connectivity index (χ2v) is 6.26. The minimum atomic E-state index is -0.397.